The van der Waals surface area contributed by atoms with Crippen LogP contribution in [-0.2, 0) is 0 Å². The standard InChI is InChI=1S/C17H14O7/c18-9-6-10(19)14-13(7-9)24-17(16(21)15(14)20)8-1-2-11-12(5-8)23-4-3-22-11/h1-2,5-7,16-19,21H,3-4H2/t16-,17+/m1/s1. The molecule has 0 saturated heterocycles. The number of carbonyl (C=O) groups excluding carboxylic acids is 1. The lowest BCUT2D eigenvalue weighted by Gasteiger charge is -2.30. The van der Waals surface area contributed by atoms with E-state index in [-0.39, 0.29) is 17.1 Å². The Kier molecular flexibility index (Phi) is 3.24. The zero-order valence-electron chi connectivity index (χ0n) is 12.4. The molecular weight excluding hydrogens is 316 g/mol. The van der Waals surface area contributed by atoms with Crippen molar-refractivity contribution in [2.24, 2.45) is 0 Å². The lowest BCUT2D eigenvalue weighted by molar-refractivity contribution is 0.0209. The summed E-state index contributed by atoms with van der Waals surface area (Å²) in [4.78, 5) is 12.4. The van der Waals surface area contributed by atoms with Gasteiger partial charge < -0.3 is 29.5 Å². The Morgan fingerprint density at radius 2 is 1.71 bits per heavy atom. The molecule has 2 atom stereocenters. The average Bonchev–Trinajstić information content (AvgIpc) is 2.57. The molecule has 24 heavy (non-hydrogen) atoms. The lowest BCUT2D eigenvalue weighted by Crippen LogP contribution is -2.36. The molecule has 0 aromatic heterocycles. The molecule has 0 fully saturated rings. The highest BCUT2D eigenvalue weighted by atomic mass is 16.6. The van der Waals surface area contributed by atoms with Gasteiger partial charge in [-0.25, -0.2) is 0 Å². The second kappa shape index (κ2) is 5.31. The van der Waals surface area contributed by atoms with Crippen LogP contribution >= 0.6 is 0 Å². The Hall–Kier alpha value is -2.93. The fraction of sp³-hybridized carbons (Fsp3) is 0.235. The van der Waals surface area contributed by atoms with Crippen LogP contribution in [0, 0.1) is 0 Å². The summed E-state index contributed by atoms with van der Waals surface area (Å²) in [6.07, 6.45) is -2.47. The average molecular weight is 330 g/mol. The summed E-state index contributed by atoms with van der Waals surface area (Å²) in [5.41, 5.74) is 0.377. The summed E-state index contributed by atoms with van der Waals surface area (Å²) in [6.45, 7) is 0.868. The van der Waals surface area contributed by atoms with Gasteiger partial charge in [-0.3, -0.25) is 4.79 Å². The number of rotatable bonds is 1. The van der Waals surface area contributed by atoms with Crippen LogP contribution in [0.2, 0.25) is 0 Å². The number of fused-ring (bicyclic) bond motifs is 2. The number of hydrogen-bond donors (Lipinski definition) is 3. The Labute approximate surface area is 136 Å². The van der Waals surface area contributed by atoms with Crippen molar-refractivity contribution in [2.45, 2.75) is 12.2 Å². The SMILES string of the molecule is O=C1c2c(O)cc(O)cc2O[C@@H](c2ccc3c(c2)OCCO3)[C@@H]1O. The normalized spacial score (nSPS) is 21.8. The second-order valence-corrected chi connectivity index (χ2v) is 5.59. The van der Waals surface area contributed by atoms with Crippen LogP contribution in [0.3, 0.4) is 0 Å². The molecule has 2 heterocycles. The molecule has 2 aliphatic heterocycles. The minimum absolute atomic E-state index is 0.0164. The summed E-state index contributed by atoms with van der Waals surface area (Å²) < 4.78 is 16.6. The molecule has 7 nitrogen and oxygen atoms in total. The molecule has 2 aliphatic rings. The zero-order chi connectivity index (χ0) is 16.8. The number of phenolic OH excluding ortho intramolecular Hbond substituents is 2. The number of carbonyl (C=O) groups is 1. The van der Waals surface area contributed by atoms with Crippen LogP contribution in [0.15, 0.2) is 30.3 Å². The third-order valence-corrected chi connectivity index (χ3v) is 4.02. The van der Waals surface area contributed by atoms with Gasteiger partial charge in [0.2, 0.25) is 5.78 Å². The van der Waals surface area contributed by atoms with Crippen molar-refractivity contribution < 1.29 is 34.3 Å². The maximum atomic E-state index is 12.4. The Morgan fingerprint density at radius 3 is 2.50 bits per heavy atom. The monoisotopic (exact) mass is 330 g/mol. The van der Waals surface area contributed by atoms with E-state index in [2.05, 4.69) is 0 Å². The molecule has 0 aliphatic carbocycles. The third-order valence-electron chi connectivity index (χ3n) is 4.02. The first-order valence-corrected chi connectivity index (χ1v) is 7.39. The van der Waals surface area contributed by atoms with Crippen LogP contribution in [0.5, 0.6) is 28.7 Å². The van der Waals surface area contributed by atoms with Gasteiger partial charge in [0, 0.05) is 12.1 Å². The topological polar surface area (TPSA) is 105 Å². The van der Waals surface area contributed by atoms with Crippen molar-refractivity contribution in [2.75, 3.05) is 13.2 Å². The Balaban J connectivity index is 1.75. The van der Waals surface area contributed by atoms with Gasteiger partial charge in [0.15, 0.2) is 23.7 Å². The Bertz CT molecular complexity index is 830. The van der Waals surface area contributed by atoms with Gasteiger partial charge in [-0.05, 0) is 17.7 Å². The van der Waals surface area contributed by atoms with Crippen LogP contribution in [0.1, 0.15) is 22.0 Å². The van der Waals surface area contributed by atoms with Crippen molar-refractivity contribution in [3.63, 3.8) is 0 Å². The van der Waals surface area contributed by atoms with Crippen LogP contribution in [0.25, 0.3) is 0 Å². The zero-order valence-corrected chi connectivity index (χ0v) is 12.4. The quantitative estimate of drug-likeness (QED) is 0.728. The number of ketones is 1. The molecule has 0 radical (unpaired) electrons. The molecular formula is C17H14O7. The summed E-state index contributed by atoms with van der Waals surface area (Å²) >= 11 is 0. The van der Waals surface area contributed by atoms with E-state index in [1.807, 2.05) is 0 Å². The molecule has 7 heteroatoms. The van der Waals surface area contributed by atoms with Crippen molar-refractivity contribution in [1.29, 1.82) is 0 Å². The number of ether oxygens (including phenoxy) is 3. The first-order valence-electron chi connectivity index (χ1n) is 7.39. The van der Waals surface area contributed by atoms with Crippen LogP contribution in [-0.4, -0.2) is 40.4 Å². The summed E-state index contributed by atoms with van der Waals surface area (Å²) in [5.74, 6) is -0.244. The predicted molar refractivity (Wildman–Crippen MR) is 80.9 cm³/mol. The first kappa shape index (κ1) is 14.6. The molecule has 124 valence electrons. The summed E-state index contributed by atoms with van der Waals surface area (Å²) in [5, 5.41) is 29.7. The number of hydrogen-bond acceptors (Lipinski definition) is 7. The van der Waals surface area contributed by atoms with Gasteiger partial charge in [0.25, 0.3) is 0 Å². The fourth-order valence-corrected chi connectivity index (χ4v) is 2.90. The number of aliphatic hydroxyl groups excluding tert-OH is 1. The fourth-order valence-electron chi connectivity index (χ4n) is 2.90. The minimum Gasteiger partial charge on any atom is -0.508 e. The molecule has 0 bridgehead atoms. The number of Topliss-reactive ketones (excluding diaryl/α,β-unsaturated/α-hetero) is 1. The predicted octanol–water partition coefficient (Wildman–Crippen LogP) is 1.55. The smallest absolute Gasteiger partial charge is 0.202 e. The van der Waals surface area contributed by atoms with Gasteiger partial charge in [-0.15, -0.1) is 0 Å². The molecule has 2 aromatic carbocycles. The number of benzene rings is 2. The number of aliphatic hydroxyl groups is 1. The molecule has 4 rings (SSSR count). The highest BCUT2D eigenvalue weighted by Crippen LogP contribution is 2.43. The van der Waals surface area contributed by atoms with E-state index < -0.39 is 23.7 Å². The van der Waals surface area contributed by atoms with Gasteiger partial charge in [0.1, 0.15) is 36.0 Å². The van der Waals surface area contributed by atoms with Crippen LogP contribution < -0.4 is 14.2 Å². The van der Waals surface area contributed by atoms with Gasteiger partial charge in [-0.2, -0.15) is 0 Å². The molecule has 0 amide bonds. The molecule has 3 N–H and O–H groups in total. The second-order valence-electron chi connectivity index (χ2n) is 5.59. The summed E-state index contributed by atoms with van der Waals surface area (Å²) in [6, 6.07) is 7.24. The van der Waals surface area contributed by atoms with Gasteiger partial charge in [0.05, 0.1) is 0 Å². The van der Waals surface area contributed by atoms with Crippen LogP contribution in [0.4, 0.5) is 0 Å². The number of aromatic hydroxyl groups is 2. The maximum absolute atomic E-state index is 12.4. The highest BCUT2D eigenvalue weighted by Gasteiger charge is 2.39. The molecule has 0 saturated carbocycles. The van der Waals surface area contributed by atoms with Crippen molar-refractivity contribution >= 4 is 5.78 Å². The van der Waals surface area contributed by atoms with E-state index >= 15 is 0 Å². The first-order chi connectivity index (χ1) is 11.5. The molecule has 0 unspecified atom stereocenters. The van der Waals surface area contributed by atoms with E-state index in [0.29, 0.717) is 30.3 Å². The third kappa shape index (κ3) is 2.21. The molecule has 2 aromatic rings. The lowest BCUT2D eigenvalue weighted by atomic mass is 9.92. The number of phenols is 2. The Morgan fingerprint density at radius 1 is 0.958 bits per heavy atom. The highest BCUT2D eigenvalue weighted by molar-refractivity contribution is 6.05. The van der Waals surface area contributed by atoms with E-state index in [1.54, 1.807) is 18.2 Å². The van der Waals surface area contributed by atoms with Gasteiger partial charge >= 0.3 is 0 Å². The van der Waals surface area contributed by atoms with Crippen molar-refractivity contribution in [1.82, 2.24) is 0 Å². The maximum Gasteiger partial charge on any atom is 0.202 e. The molecule has 0 spiro atoms. The van der Waals surface area contributed by atoms with E-state index in [4.69, 9.17) is 14.2 Å². The largest absolute Gasteiger partial charge is 0.508 e. The summed E-state index contributed by atoms with van der Waals surface area (Å²) in [7, 11) is 0. The van der Waals surface area contributed by atoms with E-state index in [0.717, 1.165) is 6.07 Å². The van der Waals surface area contributed by atoms with E-state index in [1.165, 1.54) is 6.07 Å². The van der Waals surface area contributed by atoms with Crippen molar-refractivity contribution in [3.8, 4) is 28.7 Å². The van der Waals surface area contributed by atoms with E-state index in [9.17, 15) is 20.1 Å². The minimum atomic E-state index is -1.49. The van der Waals surface area contributed by atoms with Gasteiger partial charge in [-0.1, -0.05) is 6.07 Å². The van der Waals surface area contributed by atoms with Crippen molar-refractivity contribution in [3.05, 3.63) is 41.5 Å².